The van der Waals surface area contributed by atoms with Crippen LogP contribution in [0.5, 0.6) is 11.6 Å². The van der Waals surface area contributed by atoms with E-state index in [0.29, 0.717) is 37.7 Å². The molecule has 1 amide bonds. The molecule has 2 aliphatic heterocycles. The topological polar surface area (TPSA) is 114 Å². The van der Waals surface area contributed by atoms with E-state index in [1.165, 1.54) is 23.1 Å². The Hall–Kier alpha value is -4.22. The SMILES string of the molecule is COc1cc(C)cc(-c2ccc([C@@H](Oc3cc(N4CCC5(CCN(C(=O)O)C5)CC4)nc(N)n3)C(F)(F)F)cc2)c1. The lowest BCUT2D eigenvalue weighted by Gasteiger charge is -2.39. The first kappa shape index (κ1) is 28.3. The summed E-state index contributed by atoms with van der Waals surface area (Å²) in [6, 6.07) is 13.0. The standard InChI is InChI=1S/C29H32F3N5O4/c1-18-13-21(15-22(14-18)40-2)19-3-5-20(6-4-19)25(29(30,31)32)41-24-16-23(34-26(33)35-24)36-10-7-28(8-11-36)9-12-37(17-28)27(38)39/h3-6,13-16,25H,7-12,17H2,1-2H3,(H,38,39)(H2,33,34,35)/t25-/m1/s1. The van der Waals surface area contributed by atoms with Crippen molar-refractivity contribution in [3.8, 4) is 22.8 Å². The van der Waals surface area contributed by atoms with Gasteiger partial charge in [-0.25, -0.2) is 4.79 Å². The number of anilines is 2. The number of carboxylic acid groups (broad SMARTS) is 1. The van der Waals surface area contributed by atoms with E-state index in [4.69, 9.17) is 15.2 Å². The molecular formula is C29H32F3N5O4. The molecule has 0 bridgehead atoms. The molecule has 2 fully saturated rings. The molecule has 2 aromatic carbocycles. The summed E-state index contributed by atoms with van der Waals surface area (Å²) in [4.78, 5) is 22.9. The van der Waals surface area contributed by atoms with Crippen LogP contribution in [0.15, 0.2) is 48.5 Å². The fourth-order valence-corrected chi connectivity index (χ4v) is 5.70. The van der Waals surface area contributed by atoms with E-state index < -0.39 is 18.4 Å². The molecule has 1 aromatic heterocycles. The second-order valence-electron chi connectivity index (χ2n) is 10.8. The fraction of sp³-hybridized carbons (Fsp3) is 0.414. The number of methoxy groups -OCH3 is 1. The van der Waals surface area contributed by atoms with Crippen LogP contribution in [0, 0.1) is 12.3 Å². The van der Waals surface area contributed by atoms with Crippen LogP contribution >= 0.6 is 0 Å². The monoisotopic (exact) mass is 571 g/mol. The maximum absolute atomic E-state index is 14.2. The van der Waals surface area contributed by atoms with Crippen molar-refractivity contribution in [2.75, 3.05) is 43.9 Å². The Kier molecular flexibility index (Phi) is 7.58. The second kappa shape index (κ2) is 11.0. The first-order chi connectivity index (χ1) is 19.4. The zero-order valence-corrected chi connectivity index (χ0v) is 22.8. The van der Waals surface area contributed by atoms with Crippen molar-refractivity contribution in [2.45, 2.75) is 38.5 Å². The minimum Gasteiger partial charge on any atom is -0.497 e. The minimum atomic E-state index is -4.72. The van der Waals surface area contributed by atoms with Gasteiger partial charge in [0, 0.05) is 37.8 Å². The summed E-state index contributed by atoms with van der Waals surface area (Å²) in [5.74, 6) is 0.563. The molecule has 218 valence electrons. The highest BCUT2D eigenvalue weighted by molar-refractivity contribution is 5.67. The normalized spacial score (nSPS) is 17.5. The lowest BCUT2D eigenvalue weighted by molar-refractivity contribution is -0.198. The maximum Gasteiger partial charge on any atom is 0.429 e. The quantitative estimate of drug-likeness (QED) is 0.388. The highest BCUT2D eigenvalue weighted by Crippen LogP contribution is 2.42. The average molecular weight is 572 g/mol. The van der Waals surface area contributed by atoms with E-state index in [2.05, 4.69) is 9.97 Å². The van der Waals surface area contributed by atoms with Gasteiger partial charge in [0.05, 0.1) is 7.11 Å². The number of hydrogen-bond acceptors (Lipinski definition) is 7. The number of nitrogens with two attached hydrogens (primary N) is 1. The highest BCUT2D eigenvalue weighted by Gasteiger charge is 2.44. The summed E-state index contributed by atoms with van der Waals surface area (Å²) in [7, 11) is 1.56. The van der Waals surface area contributed by atoms with Crippen molar-refractivity contribution in [2.24, 2.45) is 5.41 Å². The Morgan fingerprint density at radius 2 is 1.71 bits per heavy atom. The lowest BCUT2D eigenvalue weighted by atomic mass is 9.78. The average Bonchev–Trinajstić information content (AvgIpc) is 3.35. The molecule has 0 radical (unpaired) electrons. The number of likely N-dealkylation sites (tertiary alicyclic amines) is 1. The van der Waals surface area contributed by atoms with E-state index in [1.807, 2.05) is 30.0 Å². The van der Waals surface area contributed by atoms with Gasteiger partial charge in [-0.3, -0.25) is 0 Å². The lowest BCUT2D eigenvalue weighted by Crippen LogP contribution is -2.42. The summed E-state index contributed by atoms with van der Waals surface area (Å²) in [5.41, 5.74) is 8.24. The smallest absolute Gasteiger partial charge is 0.429 e. The van der Waals surface area contributed by atoms with Crippen molar-refractivity contribution < 1.29 is 32.5 Å². The van der Waals surface area contributed by atoms with Gasteiger partial charge in [-0.05, 0) is 60.4 Å². The van der Waals surface area contributed by atoms with Gasteiger partial charge in [-0.2, -0.15) is 23.1 Å². The van der Waals surface area contributed by atoms with Gasteiger partial charge in [0.2, 0.25) is 17.9 Å². The predicted octanol–water partition coefficient (Wildman–Crippen LogP) is 5.70. The van der Waals surface area contributed by atoms with E-state index in [1.54, 1.807) is 19.2 Å². The van der Waals surface area contributed by atoms with Gasteiger partial charge in [-0.15, -0.1) is 0 Å². The van der Waals surface area contributed by atoms with Crippen LogP contribution in [0.25, 0.3) is 11.1 Å². The van der Waals surface area contributed by atoms with Gasteiger partial charge in [0.25, 0.3) is 0 Å². The number of carbonyl (C=O) groups is 1. The summed E-state index contributed by atoms with van der Waals surface area (Å²) >= 11 is 0. The fourth-order valence-electron chi connectivity index (χ4n) is 5.70. The number of rotatable bonds is 6. The third kappa shape index (κ3) is 6.26. The Bertz CT molecular complexity index is 1410. The van der Waals surface area contributed by atoms with Crippen molar-refractivity contribution in [1.82, 2.24) is 14.9 Å². The molecule has 3 heterocycles. The summed E-state index contributed by atoms with van der Waals surface area (Å²) < 4.78 is 53.4. The summed E-state index contributed by atoms with van der Waals surface area (Å²) in [6.45, 7) is 4.04. The number of hydrogen-bond donors (Lipinski definition) is 2. The third-order valence-corrected chi connectivity index (χ3v) is 7.93. The van der Waals surface area contributed by atoms with E-state index in [0.717, 1.165) is 36.0 Å². The first-order valence-electron chi connectivity index (χ1n) is 13.3. The van der Waals surface area contributed by atoms with Crippen molar-refractivity contribution in [1.29, 1.82) is 0 Å². The van der Waals surface area contributed by atoms with Gasteiger partial charge >= 0.3 is 12.3 Å². The van der Waals surface area contributed by atoms with Gasteiger partial charge < -0.3 is 30.1 Å². The van der Waals surface area contributed by atoms with Crippen LogP contribution in [-0.4, -0.2) is 65.5 Å². The molecule has 2 saturated heterocycles. The molecule has 9 nitrogen and oxygen atoms in total. The van der Waals surface area contributed by atoms with Crippen molar-refractivity contribution >= 4 is 17.9 Å². The number of alkyl halides is 3. The molecule has 2 aliphatic rings. The predicted molar refractivity (Wildman–Crippen MR) is 147 cm³/mol. The Labute approximate surface area is 235 Å². The number of nitrogens with zero attached hydrogens (tertiary/aromatic N) is 4. The number of aryl methyl sites for hydroxylation is 1. The zero-order valence-electron chi connectivity index (χ0n) is 22.8. The first-order valence-corrected chi connectivity index (χ1v) is 13.3. The molecule has 0 unspecified atom stereocenters. The Morgan fingerprint density at radius 3 is 2.32 bits per heavy atom. The third-order valence-electron chi connectivity index (χ3n) is 7.93. The molecule has 12 heteroatoms. The van der Waals surface area contributed by atoms with Gasteiger partial charge in [-0.1, -0.05) is 30.3 Å². The van der Waals surface area contributed by atoms with Crippen LogP contribution in [0.3, 0.4) is 0 Å². The van der Waals surface area contributed by atoms with E-state index in [9.17, 15) is 23.1 Å². The molecule has 3 aromatic rings. The molecule has 5 rings (SSSR count). The summed E-state index contributed by atoms with van der Waals surface area (Å²) in [5, 5.41) is 9.31. The number of amides is 1. The van der Waals surface area contributed by atoms with Crippen LogP contribution in [0.2, 0.25) is 0 Å². The Morgan fingerprint density at radius 1 is 1.02 bits per heavy atom. The second-order valence-corrected chi connectivity index (χ2v) is 10.8. The number of halogens is 3. The van der Waals surface area contributed by atoms with E-state index in [-0.39, 0.29) is 22.8 Å². The van der Waals surface area contributed by atoms with Crippen molar-refractivity contribution in [3.63, 3.8) is 0 Å². The maximum atomic E-state index is 14.2. The summed E-state index contributed by atoms with van der Waals surface area (Å²) in [6.07, 6.45) is -5.64. The number of nitrogen functional groups attached to an aromatic ring is 1. The molecule has 1 spiro atoms. The number of piperidine rings is 1. The van der Waals surface area contributed by atoms with Crippen LogP contribution in [-0.2, 0) is 0 Å². The number of benzene rings is 2. The largest absolute Gasteiger partial charge is 0.497 e. The van der Waals surface area contributed by atoms with Gasteiger partial charge in [0.15, 0.2) is 0 Å². The minimum absolute atomic E-state index is 0.0799. The van der Waals surface area contributed by atoms with Crippen LogP contribution in [0.4, 0.5) is 29.7 Å². The molecular weight excluding hydrogens is 539 g/mol. The zero-order chi connectivity index (χ0) is 29.4. The molecule has 1 atom stereocenters. The van der Waals surface area contributed by atoms with Crippen LogP contribution < -0.4 is 20.1 Å². The molecule has 3 N–H and O–H groups in total. The van der Waals surface area contributed by atoms with Gasteiger partial charge in [0.1, 0.15) is 11.6 Å². The molecule has 0 aliphatic carbocycles. The number of aromatic nitrogens is 2. The van der Waals surface area contributed by atoms with Crippen LogP contribution in [0.1, 0.15) is 36.5 Å². The van der Waals surface area contributed by atoms with Crippen molar-refractivity contribution in [3.05, 3.63) is 59.7 Å². The van der Waals surface area contributed by atoms with E-state index >= 15 is 0 Å². The highest BCUT2D eigenvalue weighted by atomic mass is 19.4. The molecule has 41 heavy (non-hydrogen) atoms. The Balaban J connectivity index is 1.33. The molecule has 0 saturated carbocycles. The number of ether oxygens (including phenoxy) is 2.